The summed E-state index contributed by atoms with van der Waals surface area (Å²) in [6, 6.07) is 0. The van der Waals surface area contributed by atoms with Crippen molar-refractivity contribution in [3.63, 3.8) is 0 Å². The molecule has 0 aromatic heterocycles. The predicted octanol–water partition coefficient (Wildman–Crippen LogP) is 3.52. The normalized spacial score (nSPS) is 34.0. The van der Waals surface area contributed by atoms with E-state index >= 15 is 0 Å². The zero-order valence-electron chi connectivity index (χ0n) is 10.6. The maximum atomic E-state index is 5.81. The van der Waals surface area contributed by atoms with Gasteiger partial charge in [0.15, 0.2) is 6.29 Å². The van der Waals surface area contributed by atoms with Crippen molar-refractivity contribution in [3.05, 3.63) is 11.6 Å². The van der Waals surface area contributed by atoms with Crippen molar-refractivity contribution in [1.29, 1.82) is 0 Å². The van der Waals surface area contributed by atoms with E-state index in [2.05, 4.69) is 13.0 Å². The van der Waals surface area contributed by atoms with Crippen LogP contribution in [-0.4, -0.2) is 19.5 Å². The van der Waals surface area contributed by atoms with Crippen molar-refractivity contribution in [3.8, 4) is 0 Å². The average Bonchev–Trinajstić information content (AvgIpc) is 2.39. The highest BCUT2D eigenvalue weighted by molar-refractivity contribution is 5.00. The van der Waals surface area contributed by atoms with Gasteiger partial charge in [-0.15, -0.1) is 0 Å². The Morgan fingerprint density at radius 1 is 1.00 bits per heavy atom. The Morgan fingerprint density at radius 2 is 1.62 bits per heavy atom. The predicted molar refractivity (Wildman–Crippen MR) is 65.2 cm³/mol. The van der Waals surface area contributed by atoms with Crippen LogP contribution in [0.4, 0.5) is 0 Å². The summed E-state index contributed by atoms with van der Waals surface area (Å²) in [7, 11) is 0. The lowest BCUT2D eigenvalue weighted by Crippen LogP contribution is -2.37. The fraction of sp³-hybridized carbons (Fsp3) is 0.857. The van der Waals surface area contributed by atoms with Crippen LogP contribution in [0.25, 0.3) is 0 Å². The third-order valence-electron chi connectivity index (χ3n) is 4.07. The molecule has 16 heavy (non-hydrogen) atoms. The summed E-state index contributed by atoms with van der Waals surface area (Å²) < 4.78 is 11.6. The molecule has 1 aliphatic heterocycles. The molecule has 1 saturated carbocycles. The first-order chi connectivity index (χ1) is 7.81. The second kappa shape index (κ2) is 5.83. The van der Waals surface area contributed by atoms with Crippen molar-refractivity contribution < 1.29 is 9.47 Å². The molecule has 0 spiro atoms. The largest absolute Gasteiger partial charge is 0.348 e. The second-order valence-electron chi connectivity index (χ2n) is 5.19. The second-order valence-corrected chi connectivity index (χ2v) is 5.19. The van der Waals surface area contributed by atoms with Gasteiger partial charge in [-0.25, -0.2) is 0 Å². The van der Waals surface area contributed by atoms with E-state index in [-0.39, 0.29) is 6.29 Å². The number of ether oxygens (including phenoxy) is 2. The van der Waals surface area contributed by atoms with Crippen molar-refractivity contribution >= 4 is 0 Å². The Balaban J connectivity index is 1.80. The highest BCUT2D eigenvalue weighted by Crippen LogP contribution is 2.33. The van der Waals surface area contributed by atoms with Crippen molar-refractivity contribution in [2.75, 3.05) is 13.2 Å². The van der Waals surface area contributed by atoms with Gasteiger partial charge in [-0.2, -0.15) is 0 Å². The summed E-state index contributed by atoms with van der Waals surface area (Å²) in [5, 5.41) is 0. The van der Waals surface area contributed by atoms with Gasteiger partial charge in [0, 0.05) is 5.92 Å². The molecule has 2 heteroatoms. The Bertz CT molecular complexity index is 233. The number of rotatable bonds is 2. The zero-order chi connectivity index (χ0) is 11.4. The molecule has 1 heterocycles. The average molecular weight is 224 g/mol. The van der Waals surface area contributed by atoms with Gasteiger partial charge < -0.3 is 9.47 Å². The van der Waals surface area contributed by atoms with Crippen LogP contribution < -0.4 is 0 Å². The van der Waals surface area contributed by atoms with Gasteiger partial charge in [0.05, 0.1) is 13.2 Å². The SMILES string of the molecule is C/C=C(\C)C1OCC(C2CCCCC2)CO1. The van der Waals surface area contributed by atoms with E-state index in [1.165, 1.54) is 37.7 Å². The number of allylic oxidation sites excluding steroid dienone is 1. The molecule has 1 saturated heterocycles. The lowest BCUT2D eigenvalue weighted by molar-refractivity contribution is -0.190. The third kappa shape index (κ3) is 2.86. The van der Waals surface area contributed by atoms with E-state index in [0.717, 1.165) is 19.1 Å². The lowest BCUT2D eigenvalue weighted by Gasteiger charge is -2.36. The van der Waals surface area contributed by atoms with E-state index in [0.29, 0.717) is 5.92 Å². The number of hydrogen-bond acceptors (Lipinski definition) is 2. The van der Waals surface area contributed by atoms with Gasteiger partial charge in [-0.05, 0) is 25.3 Å². The molecule has 0 bridgehead atoms. The Kier molecular flexibility index (Phi) is 4.42. The summed E-state index contributed by atoms with van der Waals surface area (Å²) >= 11 is 0. The van der Waals surface area contributed by atoms with Crippen LogP contribution in [-0.2, 0) is 9.47 Å². The van der Waals surface area contributed by atoms with Crippen LogP contribution in [0.1, 0.15) is 46.0 Å². The molecular formula is C14H24O2. The first kappa shape index (κ1) is 12.1. The van der Waals surface area contributed by atoms with Crippen LogP contribution in [0, 0.1) is 11.8 Å². The molecule has 2 fully saturated rings. The summed E-state index contributed by atoms with van der Waals surface area (Å²) in [5.74, 6) is 1.49. The maximum absolute atomic E-state index is 5.81. The van der Waals surface area contributed by atoms with Gasteiger partial charge in [0.2, 0.25) is 0 Å². The van der Waals surface area contributed by atoms with E-state index in [1.54, 1.807) is 0 Å². The summed E-state index contributed by atoms with van der Waals surface area (Å²) in [6.07, 6.45) is 8.98. The molecule has 1 aliphatic carbocycles. The molecule has 0 aromatic carbocycles. The molecule has 92 valence electrons. The van der Waals surface area contributed by atoms with Gasteiger partial charge in [-0.1, -0.05) is 38.2 Å². The van der Waals surface area contributed by atoms with Gasteiger partial charge >= 0.3 is 0 Å². The highest BCUT2D eigenvalue weighted by Gasteiger charge is 2.29. The topological polar surface area (TPSA) is 18.5 Å². The minimum absolute atomic E-state index is 0.0789. The molecule has 0 N–H and O–H groups in total. The van der Waals surface area contributed by atoms with E-state index < -0.39 is 0 Å². The molecule has 0 unspecified atom stereocenters. The van der Waals surface area contributed by atoms with Crippen molar-refractivity contribution in [2.45, 2.75) is 52.2 Å². The Morgan fingerprint density at radius 3 is 2.19 bits per heavy atom. The third-order valence-corrected chi connectivity index (χ3v) is 4.07. The van der Waals surface area contributed by atoms with Crippen LogP contribution in [0.2, 0.25) is 0 Å². The minimum Gasteiger partial charge on any atom is -0.348 e. The van der Waals surface area contributed by atoms with Crippen LogP contribution in [0.15, 0.2) is 11.6 Å². The van der Waals surface area contributed by atoms with Gasteiger partial charge in [0.25, 0.3) is 0 Å². The molecule has 2 nitrogen and oxygen atoms in total. The molecule has 0 aromatic rings. The van der Waals surface area contributed by atoms with Gasteiger partial charge in [0.1, 0.15) is 0 Å². The van der Waals surface area contributed by atoms with Gasteiger partial charge in [-0.3, -0.25) is 0 Å². The van der Waals surface area contributed by atoms with E-state index in [4.69, 9.17) is 9.47 Å². The summed E-state index contributed by atoms with van der Waals surface area (Å²) in [4.78, 5) is 0. The van der Waals surface area contributed by atoms with E-state index in [9.17, 15) is 0 Å². The highest BCUT2D eigenvalue weighted by atomic mass is 16.7. The van der Waals surface area contributed by atoms with Crippen molar-refractivity contribution in [2.24, 2.45) is 11.8 Å². The zero-order valence-corrected chi connectivity index (χ0v) is 10.6. The molecule has 0 radical (unpaired) electrons. The maximum Gasteiger partial charge on any atom is 0.179 e. The minimum atomic E-state index is -0.0789. The first-order valence-corrected chi connectivity index (χ1v) is 6.67. The quantitative estimate of drug-likeness (QED) is 0.668. The van der Waals surface area contributed by atoms with Crippen LogP contribution >= 0.6 is 0 Å². The molecule has 0 atom stereocenters. The van der Waals surface area contributed by atoms with Crippen LogP contribution in [0.3, 0.4) is 0 Å². The monoisotopic (exact) mass is 224 g/mol. The molecule has 2 aliphatic rings. The Labute approximate surface area is 99.0 Å². The lowest BCUT2D eigenvalue weighted by atomic mass is 9.80. The standard InChI is InChI=1S/C14H24O2/c1-3-11(2)14-15-9-13(10-16-14)12-7-5-4-6-8-12/h3,12-14H,4-10H2,1-2H3/b11-3+. The smallest absolute Gasteiger partial charge is 0.179 e. The van der Waals surface area contributed by atoms with Crippen molar-refractivity contribution in [1.82, 2.24) is 0 Å². The van der Waals surface area contributed by atoms with E-state index in [1.807, 2.05) is 6.92 Å². The summed E-state index contributed by atoms with van der Waals surface area (Å²) in [5.41, 5.74) is 1.20. The molecular weight excluding hydrogens is 200 g/mol. The number of hydrogen-bond donors (Lipinski definition) is 0. The molecule has 0 amide bonds. The van der Waals surface area contributed by atoms with Crippen LogP contribution in [0.5, 0.6) is 0 Å². The fourth-order valence-corrected chi connectivity index (χ4v) is 2.79. The molecule has 2 rings (SSSR count). The first-order valence-electron chi connectivity index (χ1n) is 6.67. The Hall–Kier alpha value is -0.340. The summed E-state index contributed by atoms with van der Waals surface area (Å²) in [6.45, 7) is 5.89. The fourth-order valence-electron chi connectivity index (χ4n) is 2.79.